The first-order valence-electron chi connectivity index (χ1n) is 24.1. The summed E-state index contributed by atoms with van der Waals surface area (Å²) in [7, 11) is 3.38. The Morgan fingerprint density at radius 3 is 1.37 bits per heavy atom. The zero-order valence-corrected chi connectivity index (χ0v) is 43.2. The van der Waals surface area contributed by atoms with Gasteiger partial charge in [0.25, 0.3) is 0 Å². The van der Waals surface area contributed by atoms with Crippen molar-refractivity contribution in [1.29, 1.82) is 0 Å². The van der Waals surface area contributed by atoms with E-state index in [1.165, 1.54) is 0 Å². The first kappa shape index (κ1) is 54.3. The van der Waals surface area contributed by atoms with Crippen molar-refractivity contribution in [2.75, 3.05) is 52.0 Å². The maximum absolute atomic E-state index is 14.3. The molecule has 4 unspecified atom stereocenters. The van der Waals surface area contributed by atoms with E-state index in [1.807, 2.05) is 88.4 Å². The molecule has 4 aliphatic rings. The molecule has 0 radical (unpaired) electrons. The lowest BCUT2D eigenvalue weighted by Gasteiger charge is -2.35. The zero-order valence-electron chi connectivity index (χ0n) is 41.6. The molecule has 0 bridgehead atoms. The number of nitrogens with zero attached hydrogens (tertiary/aromatic N) is 2. The van der Waals surface area contributed by atoms with E-state index in [2.05, 4.69) is 55.6 Å². The third kappa shape index (κ3) is 13.5. The molecule has 0 aliphatic carbocycles. The maximum atomic E-state index is 14.3. The molecule has 378 valence electrons. The van der Waals surface area contributed by atoms with Gasteiger partial charge in [0.2, 0.25) is 35.4 Å². The van der Waals surface area contributed by atoms with Crippen molar-refractivity contribution in [1.82, 2.24) is 41.7 Å². The smallest absolute Gasteiger partial charge is 0.246 e. The van der Waals surface area contributed by atoms with Crippen molar-refractivity contribution in [3.8, 4) is 23.7 Å². The molecule has 70 heavy (non-hydrogen) atoms. The molecule has 4 fully saturated rings. The Hall–Kier alpha value is -5.08. The second kappa shape index (κ2) is 24.8. The van der Waals surface area contributed by atoms with Gasteiger partial charge >= 0.3 is 0 Å². The SMILES string of the molecule is CNC(C)C(=O)N[C@H]1CCS[C@H]2CC(C)(C)[C@@H](C(=O)NC(COCC#CC#CCOCC(NC(=O)[C@H]3N4C(=O)[C@@H](NC(=O)C(C)NC)CCS[C@H]4CC3(C)C)c3ccccc3)c3ccccc3)N2C1=O. The normalized spacial score (nSPS) is 25.1. The fraction of sp³-hybridized carbons (Fsp3) is 0.577. The quantitative estimate of drug-likeness (QED) is 0.0945. The number of nitrogens with one attached hydrogen (secondary N) is 6. The first-order chi connectivity index (χ1) is 33.5. The summed E-state index contributed by atoms with van der Waals surface area (Å²) >= 11 is 3.29. The molecule has 18 heteroatoms. The van der Waals surface area contributed by atoms with Crippen molar-refractivity contribution in [3.05, 3.63) is 71.8 Å². The largest absolute Gasteiger partial charge is 0.366 e. The molecule has 6 N–H and O–H groups in total. The highest BCUT2D eigenvalue weighted by Crippen LogP contribution is 2.48. The van der Waals surface area contributed by atoms with E-state index in [0.717, 1.165) is 11.1 Å². The number of rotatable bonds is 18. The Balaban J connectivity index is 1.04. The average molecular weight is 999 g/mol. The topological polar surface area (TPSA) is 200 Å². The first-order valence-corrected chi connectivity index (χ1v) is 26.2. The minimum absolute atomic E-state index is 0.0418. The highest BCUT2D eigenvalue weighted by molar-refractivity contribution is 8.00. The molecule has 16 nitrogen and oxygen atoms in total. The number of hydrogen-bond acceptors (Lipinski definition) is 12. The van der Waals surface area contributed by atoms with E-state index < -0.39 is 59.2 Å². The number of fused-ring (bicyclic) bond motifs is 2. The number of carbonyl (C=O) groups is 6. The highest BCUT2D eigenvalue weighted by Gasteiger charge is 2.56. The van der Waals surface area contributed by atoms with Crippen LogP contribution in [0.15, 0.2) is 60.7 Å². The molecule has 6 amide bonds. The van der Waals surface area contributed by atoms with Gasteiger partial charge in [0.15, 0.2) is 0 Å². The molecule has 0 saturated carbocycles. The van der Waals surface area contributed by atoms with Crippen LogP contribution in [-0.2, 0) is 38.2 Å². The van der Waals surface area contributed by atoms with Gasteiger partial charge in [-0.1, -0.05) is 100 Å². The van der Waals surface area contributed by atoms with Gasteiger partial charge in [-0.15, -0.1) is 23.5 Å². The molecule has 6 rings (SSSR count). The number of thioether (sulfide) groups is 2. The maximum Gasteiger partial charge on any atom is 0.246 e. The fourth-order valence-corrected chi connectivity index (χ4v) is 12.6. The van der Waals surface area contributed by atoms with Gasteiger partial charge in [0.1, 0.15) is 37.4 Å². The summed E-state index contributed by atoms with van der Waals surface area (Å²) in [6.07, 6.45) is 2.23. The summed E-state index contributed by atoms with van der Waals surface area (Å²) in [5.41, 5.74) is 0.604. The highest BCUT2D eigenvalue weighted by atomic mass is 32.2. The van der Waals surface area contributed by atoms with Gasteiger partial charge in [-0.2, -0.15) is 0 Å². The molecule has 4 saturated heterocycles. The number of ether oxygens (including phenoxy) is 2. The van der Waals surface area contributed by atoms with Crippen molar-refractivity contribution in [2.45, 2.75) is 126 Å². The lowest BCUT2D eigenvalue weighted by Crippen LogP contribution is -2.58. The van der Waals surface area contributed by atoms with E-state index >= 15 is 0 Å². The number of hydrogen-bond donors (Lipinski definition) is 6. The molecule has 10 atom stereocenters. The van der Waals surface area contributed by atoms with Gasteiger partial charge in [0, 0.05) is 0 Å². The minimum atomic E-state index is -0.766. The Morgan fingerprint density at radius 2 is 1.01 bits per heavy atom. The predicted molar refractivity (Wildman–Crippen MR) is 273 cm³/mol. The number of amides is 6. The molecule has 0 spiro atoms. The van der Waals surface area contributed by atoms with Crippen LogP contribution in [0.5, 0.6) is 0 Å². The second-order valence-corrected chi connectivity index (χ2v) is 22.2. The summed E-state index contributed by atoms with van der Waals surface area (Å²) in [4.78, 5) is 85.8. The lowest BCUT2D eigenvalue weighted by molar-refractivity contribution is -0.144. The van der Waals surface area contributed by atoms with Gasteiger partial charge < -0.3 is 51.2 Å². The van der Waals surface area contributed by atoms with Crippen molar-refractivity contribution < 1.29 is 38.2 Å². The van der Waals surface area contributed by atoms with Crippen LogP contribution in [0.3, 0.4) is 0 Å². The van der Waals surface area contributed by atoms with E-state index in [4.69, 9.17) is 9.47 Å². The van der Waals surface area contributed by atoms with E-state index in [9.17, 15) is 28.8 Å². The average Bonchev–Trinajstić information content (AvgIpc) is 3.66. The number of likely N-dealkylation sites (N-methyl/N-ethyl adjacent to an activating group) is 2. The van der Waals surface area contributed by atoms with E-state index in [0.29, 0.717) is 37.2 Å². The Bertz CT molecular complexity index is 2140. The summed E-state index contributed by atoms with van der Waals surface area (Å²) in [6.45, 7) is 11.8. The number of carbonyl (C=O) groups excluding carboxylic acids is 6. The standard InChI is InChI=1S/C52H70N8O8S2/c1-33(53-7)45(61)55-37-23-27-69-41-29-51(3,4)43(59(41)49(37)65)47(63)57-39(35-19-13-11-14-20-35)31-67-25-17-9-10-18-26-68-32-40(36-21-15-12-16-22-36)58-48(64)44-52(5,6)30-42-60(44)50(66)38(24-28-70-42)56-46(62)34(2)54-8/h11-16,19-22,33-34,37-44,53-54H,23-32H2,1-8H3,(H,55,61)(H,56,62)(H,57,63)(H,58,64)/t33?,34?,37-,38-,39?,40?,41-,42-,43+,44+/m0/s1. The van der Waals surface area contributed by atoms with Crippen molar-refractivity contribution in [2.24, 2.45) is 10.8 Å². The van der Waals surface area contributed by atoms with Gasteiger partial charge in [-0.25, -0.2) is 0 Å². The Morgan fingerprint density at radius 1 is 0.643 bits per heavy atom. The molecule has 4 heterocycles. The third-order valence-electron chi connectivity index (χ3n) is 13.6. The molecule has 2 aromatic rings. The van der Waals surface area contributed by atoms with Crippen LogP contribution in [0.1, 0.15) is 90.4 Å². The Kier molecular flexibility index (Phi) is 19.3. The van der Waals surface area contributed by atoms with Crippen LogP contribution in [-0.4, -0.2) is 144 Å². The number of benzene rings is 2. The minimum Gasteiger partial charge on any atom is -0.366 e. The van der Waals surface area contributed by atoms with Crippen LogP contribution in [0.25, 0.3) is 0 Å². The third-order valence-corrected chi connectivity index (χ3v) is 16.1. The fourth-order valence-electron chi connectivity index (χ4n) is 9.49. The van der Waals surface area contributed by atoms with Gasteiger partial charge in [-0.3, -0.25) is 28.8 Å². The molecule has 2 aromatic carbocycles. The van der Waals surface area contributed by atoms with Crippen LogP contribution in [0.4, 0.5) is 0 Å². The van der Waals surface area contributed by atoms with Gasteiger partial charge in [0.05, 0.1) is 48.1 Å². The Labute approximate surface area is 421 Å². The van der Waals surface area contributed by atoms with E-state index in [1.54, 1.807) is 61.3 Å². The van der Waals surface area contributed by atoms with Gasteiger partial charge in [-0.05, 0) is 98.9 Å². The molecular weight excluding hydrogens is 929 g/mol. The monoisotopic (exact) mass is 998 g/mol. The summed E-state index contributed by atoms with van der Waals surface area (Å²) in [5.74, 6) is 11.2. The summed E-state index contributed by atoms with van der Waals surface area (Å²) in [5, 5.41) is 17.6. The zero-order chi connectivity index (χ0) is 50.6. The van der Waals surface area contributed by atoms with Crippen LogP contribution < -0.4 is 31.9 Å². The lowest BCUT2D eigenvalue weighted by atomic mass is 9.83. The molecular formula is C52H70N8O8S2. The van der Waals surface area contributed by atoms with Crippen molar-refractivity contribution in [3.63, 3.8) is 0 Å². The summed E-state index contributed by atoms with van der Waals surface area (Å²) < 4.78 is 12.0. The van der Waals surface area contributed by atoms with Crippen LogP contribution in [0.2, 0.25) is 0 Å². The van der Waals surface area contributed by atoms with Crippen molar-refractivity contribution >= 4 is 59.0 Å². The van der Waals surface area contributed by atoms with E-state index in [-0.39, 0.29) is 72.6 Å². The predicted octanol–water partition coefficient (Wildman–Crippen LogP) is 3.11. The molecule has 0 aromatic heterocycles. The second-order valence-electron chi connectivity index (χ2n) is 19.6. The van der Waals surface area contributed by atoms with Crippen LogP contribution >= 0.6 is 23.5 Å². The summed E-state index contributed by atoms with van der Waals surface area (Å²) in [6, 6.07) is 14.0. The van der Waals surface area contributed by atoms with Crippen LogP contribution in [0, 0.1) is 34.5 Å². The molecule has 4 aliphatic heterocycles.